The van der Waals surface area contributed by atoms with E-state index in [1.165, 1.54) is 23.1 Å². The molecule has 0 radical (unpaired) electrons. The van der Waals surface area contributed by atoms with Crippen LogP contribution in [0.5, 0.6) is 0 Å². The highest BCUT2D eigenvalue weighted by Crippen LogP contribution is 2.24. The Kier molecular flexibility index (Phi) is 6.10. The molecule has 0 spiro atoms. The first kappa shape index (κ1) is 18.0. The first-order valence-electron chi connectivity index (χ1n) is 8.95. The third-order valence-corrected chi connectivity index (χ3v) is 5.81. The van der Waals surface area contributed by atoms with Crippen LogP contribution in [-0.2, 0) is 19.5 Å². The number of rotatable bonds is 5. The molecule has 2 heterocycles. The number of hydrogen-bond donors (Lipinski definition) is 2. The van der Waals surface area contributed by atoms with Crippen LogP contribution in [0.4, 0.5) is 0 Å². The van der Waals surface area contributed by atoms with E-state index in [9.17, 15) is 0 Å². The van der Waals surface area contributed by atoms with Crippen molar-refractivity contribution in [1.29, 1.82) is 0 Å². The highest BCUT2D eigenvalue weighted by atomic mass is 32.1. The fourth-order valence-electron chi connectivity index (χ4n) is 3.25. The van der Waals surface area contributed by atoms with Gasteiger partial charge in [-0.05, 0) is 42.8 Å². The van der Waals surface area contributed by atoms with Crippen LogP contribution >= 0.6 is 11.3 Å². The summed E-state index contributed by atoms with van der Waals surface area (Å²) in [6.07, 6.45) is 1.18. The number of fused-ring (bicyclic) bond motifs is 1. The zero-order chi connectivity index (χ0) is 17.6. The molecular weight excluding hydrogens is 328 g/mol. The van der Waals surface area contributed by atoms with Crippen molar-refractivity contribution in [3.63, 3.8) is 0 Å². The van der Waals surface area contributed by atoms with Crippen LogP contribution < -0.4 is 10.6 Å². The van der Waals surface area contributed by atoms with Crippen LogP contribution in [0.25, 0.3) is 0 Å². The summed E-state index contributed by atoms with van der Waals surface area (Å²) in [5.41, 5.74) is 4.07. The van der Waals surface area contributed by atoms with Crippen molar-refractivity contribution in [2.45, 2.75) is 39.4 Å². The third-order valence-electron chi connectivity index (χ3n) is 4.79. The molecular formula is C20H28N4S. The van der Waals surface area contributed by atoms with Crippen LogP contribution in [0.2, 0.25) is 0 Å². The smallest absolute Gasteiger partial charge is 0.191 e. The maximum Gasteiger partial charge on any atom is 0.191 e. The Hall–Kier alpha value is -1.85. The van der Waals surface area contributed by atoms with Crippen molar-refractivity contribution in [3.05, 3.63) is 57.3 Å². The monoisotopic (exact) mass is 356 g/mol. The Balaban J connectivity index is 1.46. The van der Waals surface area contributed by atoms with Crippen LogP contribution in [0.3, 0.4) is 0 Å². The predicted molar refractivity (Wildman–Crippen MR) is 107 cm³/mol. The van der Waals surface area contributed by atoms with Crippen LogP contribution in [-0.4, -0.2) is 37.0 Å². The molecule has 0 aliphatic carbocycles. The minimum absolute atomic E-state index is 0.477. The van der Waals surface area contributed by atoms with Gasteiger partial charge < -0.3 is 10.6 Å². The van der Waals surface area contributed by atoms with E-state index in [0.29, 0.717) is 6.04 Å². The molecule has 1 aliphatic rings. The molecule has 2 N–H and O–H groups in total. The molecule has 5 heteroatoms. The number of aryl methyl sites for hydroxylation is 1. The van der Waals surface area contributed by atoms with Gasteiger partial charge in [0.25, 0.3) is 0 Å². The van der Waals surface area contributed by atoms with Gasteiger partial charge in [-0.15, -0.1) is 11.3 Å². The van der Waals surface area contributed by atoms with Crippen LogP contribution in [0.15, 0.2) is 40.7 Å². The van der Waals surface area contributed by atoms with Gasteiger partial charge in [0.05, 0.1) is 0 Å². The molecule has 1 aromatic heterocycles. The summed E-state index contributed by atoms with van der Waals surface area (Å²) in [7, 11) is 1.83. The molecule has 134 valence electrons. The fourth-order valence-corrected chi connectivity index (χ4v) is 4.14. The molecule has 1 atom stereocenters. The number of guanidine groups is 1. The molecule has 1 aromatic carbocycles. The Morgan fingerprint density at radius 3 is 3.00 bits per heavy atom. The SMILES string of the molecule is CN=C(NCc1cccc(C)c1)NCC(C)N1CCc2sccc2C1. The van der Waals surface area contributed by atoms with Gasteiger partial charge in [0.1, 0.15) is 0 Å². The summed E-state index contributed by atoms with van der Waals surface area (Å²) in [5.74, 6) is 0.863. The molecule has 0 fully saturated rings. The number of hydrogen-bond acceptors (Lipinski definition) is 3. The lowest BCUT2D eigenvalue weighted by Gasteiger charge is -2.32. The van der Waals surface area contributed by atoms with Crippen molar-refractivity contribution < 1.29 is 0 Å². The van der Waals surface area contributed by atoms with Crippen molar-refractivity contribution >= 4 is 17.3 Å². The van der Waals surface area contributed by atoms with E-state index in [0.717, 1.165) is 32.1 Å². The van der Waals surface area contributed by atoms with E-state index in [1.54, 1.807) is 4.88 Å². The average Bonchev–Trinajstić information content (AvgIpc) is 3.09. The van der Waals surface area contributed by atoms with Crippen LogP contribution in [0.1, 0.15) is 28.5 Å². The topological polar surface area (TPSA) is 39.7 Å². The quantitative estimate of drug-likeness (QED) is 0.638. The minimum atomic E-state index is 0.477. The minimum Gasteiger partial charge on any atom is -0.355 e. The Labute approximate surface area is 155 Å². The number of thiophene rings is 1. The van der Waals surface area contributed by atoms with E-state index in [1.807, 2.05) is 18.4 Å². The van der Waals surface area contributed by atoms with Gasteiger partial charge >= 0.3 is 0 Å². The van der Waals surface area contributed by atoms with Gasteiger partial charge in [0.15, 0.2) is 5.96 Å². The summed E-state index contributed by atoms with van der Waals surface area (Å²) in [5, 5.41) is 9.09. The van der Waals surface area contributed by atoms with Gasteiger partial charge in [-0.1, -0.05) is 29.8 Å². The highest BCUT2D eigenvalue weighted by molar-refractivity contribution is 7.10. The molecule has 4 nitrogen and oxygen atoms in total. The molecule has 0 amide bonds. The van der Waals surface area contributed by atoms with E-state index < -0.39 is 0 Å². The Morgan fingerprint density at radius 1 is 1.32 bits per heavy atom. The number of nitrogens with one attached hydrogen (secondary N) is 2. The summed E-state index contributed by atoms with van der Waals surface area (Å²) in [6.45, 7) is 8.31. The van der Waals surface area contributed by atoms with Gasteiger partial charge in [-0.2, -0.15) is 0 Å². The zero-order valence-corrected chi connectivity index (χ0v) is 16.2. The summed E-state index contributed by atoms with van der Waals surface area (Å²) in [4.78, 5) is 8.46. The molecule has 0 saturated heterocycles. The lowest BCUT2D eigenvalue weighted by molar-refractivity contribution is 0.192. The van der Waals surface area contributed by atoms with E-state index in [2.05, 4.69) is 70.1 Å². The summed E-state index contributed by atoms with van der Waals surface area (Å²) < 4.78 is 0. The maximum absolute atomic E-state index is 4.35. The Morgan fingerprint density at radius 2 is 2.20 bits per heavy atom. The van der Waals surface area contributed by atoms with Crippen molar-refractivity contribution in [2.24, 2.45) is 4.99 Å². The average molecular weight is 357 g/mol. The van der Waals surface area contributed by atoms with E-state index in [4.69, 9.17) is 0 Å². The number of benzene rings is 1. The molecule has 2 aromatic rings. The van der Waals surface area contributed by atoms with E-state index in [-0.39, 0.29) is 0 Å². The summed E-state index contributed by atoms with van der Waals surface area (Å²) >= 11 is 1.90. The molecule has 25 heavy (non-hydrogen) atoms. The first-order chi connectivity index (χ1) is 12.2. The van der Waals surface area contributed by atoms with Gasteiger partial charge in [0, 0.05) is 44.1 Å². The fraction of sp³-hybridized carbons (Fsp3) is 0.450. The second kappa shape index (κ2) is 8.50. The Bertz CT molecular complexity index is 722. The lowest BCUT2D eigenvalue weighted by atomic mass is 10.1. The molecule has 0 saturated carbocycles. The predicted octanol–water partition coefficient (Wildman–Crippen LogP) is 3.17. The molecule has 1 aliphatic heterocycles. The second-order valence-electron chi connectivity index (χ2n) is 6.73. The summed E-state index contributed by atoms with van der Waals surface area (Å²) in [6, 6.07) is 11.3. The highest BCUT2D eigenvalue weighted by Gasteiger charge is 2.21. The maximum atomic E-state index is 4.35. The van der Waals surface area contributed by atoms with Crippen LogP contribution in [0, 0.1) is 6.92 Å². The standard InChI is InChI=1S/C20H28N4S/c1-15-5-4-6-17(11-15)13-23-20(21-3)22-12-16(2)24-9-7-19-18(14-24)8-10-25-19/h4-6,8,10-11,16H,7,9,12-14H2,1-3H3,(H2,21,22,23). The van der Waals surface area contributed by atoms with Gasteiger partial charge in [-0.3, -0.25) is 9.89 Å². The van der Waals surface area contributed by atoms with Crippen molar-refractivity contribution in [2.75, 3.05) is 20.1 Å². The number of nitrogens with zero attached hydrogens (tertiary/aromatic N) is 2. The third kappa shape index (κ3) is 4.83. The lowest BCUT2D eigenvalue weighted by Crippen LogP contribution is -2.47. The largest absolute Gasteiger partial charge is 0.355 e. The second-order valence-corrected chi connectivity index (χ2v) is 7.73. The first-order valence-corrected chi connectivity index (χ1v) is 9.83. The van der Waals surface area contributed by atoms with Gasteiger partial charge in [-0.25, -0.2) is 0 Å². The normalized spacial score (nSPS) is 16.4. The molecule has 0 bridgehead atoms. The zero-order valence-electron chi connectivity index (χ0n) is 15.4. The van der Waals surface area contributed by atoms with Gasteiger partial charge in [0.2, 0.25) is 0 Å². The molecule has 3 rings (SSSR count). The van der Waals surface area contributed by atoms with E-state index >= 15 is 0 Å². The molecule has 1 unspecified atom stereocenters. The number of aliphatic imine (C=N–C) groups is 1. The van der Waals surface area contributed by atoms with Crippen molar-refractivity contribution in [1.82, 2.24) is 15.5 Å². The van der Waals surface area contributed by atoms with Crippen molar-refractivity contribution in [3.8, 4) is 0 Å².